The highest BCUT2D eigenvalue weighted by atomic mass is 19.1. The molecule has 1 aliphatic carbocycles. The first-order chi connectivity index (χ1) is 4.33. The fraction of sp³-hybridized carbons (Fsp3) is 0.857. The molecule has 1 fully saturated rings. The highest BCUT2D eigenvalue weighted by Crippen LogP contribution is 2.24. The Morgan fingerprint density at radius 1 is 1.22 bits per heavy atom. The summed E-state index contributed by atoms with van der Waals surface area (Å²) >= 11 is 0. The number of aldehydes is 1. The first-order valence-corrected chi connectivity index (χ1v) is 3.42. The van der Waals surface area contributed by atoms with Crippen molar-refractivity contribution in [2.45, 2.75) is 31.9 Å². The van der Waals surface area contributed by atoms with Crippen molar-refractivity contribution in [2.75, 3.05) is 0 Å². The fourth-order valence-corrected chi connectivity index (χ4v) is 1.21. The van der Waals surface area contributed by atoms with Gasteiger partial charge in [0.1, 0.15) is 12.5 Å². The highest BCUT2D eigenvalue weighted by Gasteiger charge is 2.19. The molecule has 9 heavy (non-hydrogen) atoms. The number of carbonyl (C=O) groups excluding carboxylic acids is 1. The fourth-order valence-electron chi connectivity index (χ4n) is 1.21. The molecule has 1 aliphatic rings. The zero-order valence-electron chi connectivity index (χ0n) is 5.35. The second-order valence-electron chi connectivity index (χ2n) is 2.65. The molecule has 1 saturated carbocycles. The van der Waals surface area contributed by atoms with Crippen LogP contribution in [0, 0.1) is 5.92 Å². The van der Waals surface area contributed by atoms with E-state index in [1.165, 1.54) is 0 Å². The molecule has 0 N–H and O–H groups in total. The maximum absolute atomic E-state index is 12.4. The summed E-state index contributed by atoms with van der Waals surface area (Å²) in [6, 6.07) is 0. The predicted molar refractivity (Wildman–Crippen MR) is 32.9 cm³/mol. The molecule has 1 rings (SSSR count). The molecule has 2 heteroatoms. The Morgan fingerprint density at radius 3 is 2.22 bits per heavy atom. The van der Waals surface area contributed by atoms with Crippen LogP contribution in [0.25, 0.3) is 0 Å². The lowest BCUT2D eigenvalue weighted by molar-refractivity contribution is -0.112. The molecule has 0 bridgehead atoms. The topological polar surface area (TPSA) is 17.1 Å². The summed E-state index contributed by atoms with van der Waals surface area (Å²) in [7, 11) is 0. The summed E-state index contributed by atoms with van der Waals surface area (Å²) in [5.74, 6) is 0.150. The highest BCUT2D eigenvalue weighted by molar-refractivity contribution is 5.53. The SMILES string of the molecule is O=CC1CCC(F)CC1. The molecular formula is C7H11FO. The summed E-state index contributed by atoms with van der Waals surface area (Å²) in [4.78, 5) is 10.1. The number of hydrogen-bond acceptors (Lipinski definition) is 1. The lowest BCUT2D eigenvalue weighted by Gasteiger charge is -2.18. The zero-order chi connectivity index (χ0) is 6.69. The van der Waals surface area contributed by atoms with Gasteiger partial charge >= 0.3 is 0 Å². The van der Waals surface area contributed by atoms with E-state index in [4.69, 9.17) is 0 Å². The van der Waals surface area contributed by atoms with Gasteiger partial charge in [0.15, 0.2) is 0 Å². The van der Waals surface area contributed by atoms with Crippen LogP contribution in [0.3, 0.4) is 0 Å². The maximum atomic E-state index is 12.4. The first-order valence-electron chi connectivity index (χ1n) is 3.42. The zero-order valence-corrected chi connectivity index (χ0v) is 5.35. The third kappa shape index (κ3) is 1.77. The second-order valence-corrected chi connectivity index (χ2v) is 2.65. The summed E-state index contributed by atoms with van der Waals surface area (Å²) < 4.78 is 12.4. The smallest absolute Gasteiger partial charge is 0.123 e. The van der Waals surface area contributed by atoms with Crippen molar-refractivity contribution in [1.29, 1.82) is 0 Å². The normalized spacial score (nSPS) is 36.1. The van der Waals surface area contributed by atoms with Gasteiger partial charge in [-0.25, -0.2) is 4.39 Å². The largest absolute Gasteiger partial charge is 0.303 e. The van der Waals surface area contributed by atoms with Crippen LogP contribution >= 0.6 is 0 Å². The Morgan fingerprint density at radius 2 is 1.78 bits per heavy atom. The van der Waals surface area contributed by atoms with Crippen molar-refractivity contribution in [3.63, 3.8) is 0 Å². The van der Waals surface area contributed by atoms with Crippen molar-refractivity contribution in [1.82, 2.24) is 0 Å². The number of halogens is 1. The van der Waals surface area contributed by atoms with Crippen molar-refractivity contribution in [3.8, 4) is 0 Å². The molecule has 1 nitrogen and oxygen atoms in total. The van der Waals surface area contributed by atoms with Gasteiger partial charge < -0.3 is 4.79 Å². The van der Waals surface area contributed by atoms with Gasteiger partial charge in [-0.15, -0.1) is 0 Å². The van der Waals surface area contributed by atoms with Crippen LogP contribution < -0.4 is 0 Å². The molecule has 0 aliphatic heterocycles. The van der Waals surface area contributed by atoms with E-state index in [0.717, 1.165) is 19.1 Å². The van der Waals surface area contributed by atoms with E-state index in [9.17, 15) is 9.18 Å². The molecular weight excluding hydrogens is 119 g/mol. The molecule has 0 aromatic rings. The predicted octanol–water partition coefficient (Wildman–Crippen LogP) is 1.71. The third-order valence-electron chi connectivity index (χ3n) is 1.89. The van der Waals surface area contributed by atoms with Gasteiger partial charge in [0, 0.05) is 5.92 Å². The van der Waals surface area contributed by atoms with Gasteiger partial charge in [0.25, 0.3) is 0 Å². The summed E-state index contributed by atoms with van der Waals surface area (Å²) in [6.45, 7) is 0. The van der Waals surface area contributed by atoms with Crippen LogP contribution in [0.15, 0.2) is 0 Å². The van der Waals surface area contributed by atoms with Crippen LogP contribution in [0.2, 0.25) is 0 Å². The Balaban J connectivity index is 2.26. The quantitative estimate of drug-likeness (QED) is 0.494. The lowest BCUT2D eigenvalue weighted by atomic mass is 9.89. The van der Waals surface area contributed by atoms with Crippen molar-refractivity contribution in [3.05, 3.63) is 0 Å². The number of alkyl halides is 1. The minimum atomic E-state index is -0.638. The van der Waals surface area contributed by atoms with Gasteiger partial charge in [-0.1, -0.05) is 0 Å². The Hall–Kier alpha value is -0.400. The van der Waals surface area contributed by atoms with Gasteiger partial charge in [-0.3, -0.25) is 0 Å². The van der Waals surface area contributed by atoms with Crippen molar-refractivity contribution >= 4 is 6.29 Å². The van der Waals surface area contributed by atoms with Crippen molar-refractivity contribution in [2.24, 2.45) is 5.92 Å². The molecule has 0 amide bonds. The van der Waals surface area contributed by atoms with E-state index in [0.29, 0.717) is 12.8 Å². The third-order valence-corrected chi connectivity index (χ3v) is 1.89. The standard InChI is InChI=1S/C7H11FO/c8-7-3-1-6(5-9)2-4-7/h5-7H,1-4H2. The average molecular weight is 130 g/mol. The molecule has 0 spiro atoms. The Bertz CT molecular complexity index is 95.1. The van der Waals surface area contributed by atoms with Gasteiger partial charge in [0.05, 0.1) is 0 Å². The number of hydrogen-bond donors (Lipinski definition) is 0. The molecule has 0 radical (unpaired) electrons. The molecule has 0 heterocycles. The molecule has 0 atom stereocenters. The monoisotopic (exact) mass is 130 g/mol. The van der Waals surface area contributed by atoms with Gasteiger partial charge in [-0.05, 0) is 25.7 Å². The lowest BCUT2D eigenvalue weighted by Crippen LogP contribution is -2.15. The van der Waals surface area contributed by atoms with E-state index < -0.39 is 6.17 Å². The van der Waals surface area contributed by atoms with Crippen LogP contribution in [0.4, 0.5) is 4.39 Å². The first kappa shape index (κ1) is 6.72. The van der Waals surface area contributed by atoms with Crippen molar-refractivity contribution < 1.29 is 9.18 Å². The second kappa shape index (κ2) is 2.95. The maximum Gasteiger partial charge on any atom is 0.123 e. The summed E-state index contributed by atoms with van der Waals surface area (Å²) in [5.41, 5.74) is 0. The van der Waals surface area contributed by atoms with Crippen LogP contribution in [0.1, 0.15) is 25.7 Å². The number of carbonyl (C=O) groups is 1. The van der Waals surface area contributed by atoms with Gasteiger partial charge in [-0.2, -0.15) is 0 Å². The van der Waals surface area contributed by atoms with E-state index in [1.807, 2.05) is 0 Å². The van der Waals surface area contributed by atoms with E-state index >= 15 is 0 Å². The van der Waals surface area contributed by atoms with Crippen LogP contribution in [0.5, 0.6) is 0 Å². The van der Waals surface area contributed by atoms with Gasteiger partial charge in [0.2, 0.25) is 0 Å². The van der Waals surface area contributed by atoms with E-state index in [1.54, 1.807) is 0 Å². The Kier molecular flexibility index (Phi) is 2.20. The summed E-state index contributed by atoms with van der Waals surface area (Å²) in [5, 5.41) is 0. The molecule has 0 aromatic heterocycles. The van der Waals surface area contributed by atoms with E-state index in [-0.39, 0.29) is 5.92 Å². The number of rotatable bonds is 1. The minimum absolute atomic E-state index is 0.150. The molecule has 0 aromatic carbocycles. The van der Waals surface area contributed by atoms with Crippen LogP contribution in [-0.4, -0.2) is 12.5 Å². The molecule has 0 unspecified atom stereocenters. The minimum Gasteiger partial charge on any atom is -0.303 e. The summed E-state index contributed by atoms with van der Waals surface area (Å²) in [6.07, 6.45) is 3.00. The molecule has 52 valence electrons. The Labute approximate surface area is 54.3 Å². The van der Waals surface area contributed by atoms with Crippen LogP contribution in [-0.2, 0) is 4.79 Å². The molecule has 0 saturated heterocycles. The van der Waals surface area contributed by atoms with E-state index in [2.05, 4.69) is 0 Å². The average Bonchev–Trinajstić information content (AvgIpc) is 1.90.